The van der Waals surface area contributed by atoms with Crippen LogP contribution in [-0.4, -0.2) is 25.7 Å². The molecule has 2 aromatic carbocycles. The zero-order chi connectivity index (χ0) is 19.3. The molecule has 0 spiro atoms. The van der Waals surface area contributed by atoms with Crippen molar-refractivity contribution in [2.45, 2.75) is 13.5 Å². The summed E-state index contributed by atoms with van der Waals surface area (Å²) in [7, 11) is 0. The molecule has 0 atom stereocenters. The van der Waals surface area contributed by atoms with Crippen molar-refractivity contribution in [2.24, 2.45) is 0 Å². The number of nitrogens with one attached hydrogen (secondary N) is 1. The lowest BCUT2D eigenvalue weighted by molar-refractivity contribution is 0.0947. The molecule has 0 radical (unpaired) electrons. The maximum atomic E-state index is 13.0. The first kappa shape index (κ1) is 17.6. The summed E-state index contributed by atoms with van der Waals surface area (Å²) >= 11 is 0. The largest absolute Gasteiger partial charge is 0.350 e. The number of pyridine rings is 1. The van der Waals surface area contributed by atoms with Crippen LogP contribution in [0.15, 0.2) is 79.0 Å². The summed E-state index contributed by atoms with van der Waals surface area (Å²) in [6.07, 6.45) is 1.68. The molecule has 0 amide bonds. The molecule has 4 aromatic rings. The highest BCUT2D eigenvalue weighted by molar-refractivity contribution is 5.97. The van der Waals surface area contributed by atoms with Crippen LogP contribution in [0.25, 0.3) is 11.5 Å². The quantitative estimate of drug-likeness (QED) is 0.577. The molecule has 0 saturated carbocycles. The average Bonchev–Trinajstić information content (AvgIpc) is 3.17. The van der Waals surface area contributed by atoms with Crippen LogP contribution in [0, 0.1) is 6.92 Å². The number of carbonyl (C=O) groups excluding carboxylic acids is 1. The maximum Gasteiger partial charge on any atom is 0.281 e. The molecule has 0 unspecified atom stereocenters. The summed E-state index contributed by atoms with van der Waals surface area (Å²) in [6.45, 7) is 2.58. The minimum Gasteiger partial charge on any atom is -0.350 e. The Morgan fingerprint density at radius 2 is 1.82 bits per heavy atom. The van der Waals surface area contributed by atoms with E-state index in [4.69, 9.17) is 0 Å². The summed E-state index contributed by atoms with van der Waals surface area (Å²) < 4.78 is 1.30. The monoisotopic (exact) mass is 369 g/mol. The number of rotatable bonds is 5. The Labute approximate surface area is 162 Å². The van der Waals surface area contributed by atoms with E-state index in [0.717, 1.165) is 5.56 Å². The summed E-state index contributed by atoms with van der Waals surface area (Å²) in [5.74, 6) is 0.537. The van der Waals surface area contributed by atoms with Gasteiger partial charge in [-0.2, -0.15) is 9.67 Å². The Hall–Kier alpha value is -3.80. The van der Waals surface area contributed by atoms with E-state index in [1.54, 1.807) is 18.3 Å². The van der Waals surface area contributed by atoms with Gasteiger partial charge in [0.05, 0.1) is 0 Å². The Morgan fingerprint density at radius 3 is 2.57 bits per heavy atom. The van der Waals surface area contributed by atoms with Gasteiger partial charge in [0, 0.05) is 18.3 Å². The molecule has 0 aliphatic rings. The van der Waals surface area contributed by atoms with Gasteiger partial charge >= 0.3 is 0 Å². The van der Waals surface area contributed by atoms with E-state index in [1.165, 1.54) is 10.2 Å². The third-order valence-electron chi connectivity index (χ3n) is 4.25. The van der Waals surface area contributed by atoms with Crippen LogP contribution < -0.4 is 5.32 Å². The number of aryl methyl sites for hydroxylation is 1. The van der Waals surface area contributed by atoms with Crippen molar-refractivity contribution in [3.05, 3.63) is 95.7 Å². The second-order valence-corrected chi connectivity index (χ2v) is 6.40. The number of benzene rings is 2. The molecule has 1 N–H and O–H groups in total. The number of hydrogen-bond acceptors (Lipinski definition) is 5. The van der Waals surface area contributed by atoms with Crippen LogP contribution in [0.3, 0.4) is 0 Å². The smallest absolute Gasteiger partial charge is 0.281 e. The minimum atomic E-state index is -0.248. The normalized spacial score (nSPS) is 10.6. The zero-order valence-electron chi connectivity index (χ0n) is 15.4. The SMILES string of the molecule is Cc1cccc(CNc2nc(-c3ccccn3)nn2C(=O)c2ccccc2)c1. The highest BCUT2D eigenvalue weighted by Crippen LogP contribution is 2.18. The molecule has 6 heteroatoms. The van der Waals surface area contributed by atoms with Crippen molar-refractivity contribution in [1.29, 1.82) is 0 Å². The van der Waals surface area contributed by atoms with Crippen molar-refractivity contribution in [1.82, 2.24) is 19.7 Å². The Bertz CT molecular complexity index is 1090. The fourth-order valence-corrected chi connectivity index (χ4v) is 2.88. The summed E-state index contributed by atoms with van der Waals surface area (Å²) in [4.78, 5) is 21.8. The summed E-state index contributed by atoms with van der Waals surface area (Å²) in [5.41, 5.74) is 3.43. The van der Waals surface area contributed by atoms with Crippen LogP contribution in [-0.2, 0) is 6.54 Å². The van der Waals surface area contributed by atoms with Gasteiger partial charge in [-0.3, -0.25) is 9.78 Å². The molecule has 0 fully saturated rings. The summed E-state index contributed by atoms with van der Waals surface area (Å²) in [6, 6.07) is 22.7. The molecule has 0 saturated heterocycles. The fourth-order valence-electron chi connectivity index (χ4n) is 2.88. The van der Waals surface area contributed by atoms with Gasteiger partial charge in [0.25, 0.3) is 5.91 Å². The average molecular weight is 369 g/mol. The highest BCUT2D eigenvalue weighted by Gasteiger charge is 2.19. The first-order chi connectivity index (χ1) is 13.7. The Balaban J connectivity index is 1.68. The van der Waals surface area contributed by atoms with Crippen molar-refractivity contribution in [3.63, 3.8) is 0 Å². The van der Waals surface area contributed by atoms with Crippen LogP contribution in [0.4, 0.5) is 5.95 Å². The molecular weight excluding hydrogens is 350 g/mol. The molecule has 138 valence electrons. The van der Waals surface area contributed by atoms with Gasteiger partial charge in [-0.05, 0) is 36.8 Å². The highest BCUT2D eigenvalue weighted by atomic mass is 16.2. The van der Waals surface area contributed by atoms with E-state index in [2.05, 4.69) is 26.4 Å². The lowest BCUT2D eigenvalue weighted by atomic mass is 10.1. The van der Waals surface area contributed by atoms with Crippen molar-refractivity contribution in [2.75, 3.05) is 5.32 Å². The fraction of sp³-hybridized carbons (Fsp3) is 0.0909. The van der Waals surface area contributed by atoms with Gasteiger partial charge < -0.3 is 5.32 Å². The third kappa shape index (κ3) is 3.81. The standard InChI is InChI=1S/C22H19N5O/c1-16-8-7-9-17(14-16)15-24-22-25-20(19-12-5-6-13-23-19)26-27(22)21(28)18-10-3-2-4-11-18/h2-14H,15H2,1H3,(H,24,25,26). The van der Waals surface area contributed by atoms with Crippen LogP contribution in [0.1, 0.15) is 21.5 Å². The van der Waals surface area contributed by atoms with Crippen LogP contribution >= 0.6 is 0 Å². The summed E-state index contributed by atoms with van der Waals surface area (Å²) in [5, 5.41) is 7.66. The molecule has 4 rings (SSSR count). The van der Waals surface area contributed by atoms with Gasteiger partial charge in [-0.15, -0.1) is 5.10 Å². The van der Waals surface area contributed by atoms with Gasteiger partial charge in [-0.1, -0.05) is 54.1 Å². The number of hydrogen-bond donors (Lipinski definition) is 1. The third-order valence-corrected chi connectivity index (χ3v) is 4.25. The molecule has 0 aliphatic heterocycles. The maximum absolute atomic E-state index is 13.0. The predicted molar refractivity (Wildman–Crippen MR) is 108 cm³/mol. The number of nitrogens with zero attached hydrogens (tertiary/aromatic N) is 4. The van der Waals surface area contributed by atoms with Gasteiger partial charge in [0.1, 0.15) is 5.69 Å². The lowest BCUT2D eigenvalue weighted by Gasteiger charge is -2.08. The lowest BCUT2D eigenvalue weighted by Crippen LogP contribution is -2.17. The van der Waals surface area contributed by atoms with Crippen LogP contribution in [0.5, 0.6) is 0 Å². The van der Waals surface area contributed by atoms with Crippen molar-refractivity contribution < 1.29 is 4.79 Å². The Kier molecular flexibility index (Phi) is 4.93. The predicted octanol–water partition coefficient (Wildman–Crippen LogP) is 3.95. The molecule has 28 heavy (non-hydrogen) atoms. The zero-order valence-corrected chi connectivity index (χ0v) is 15.4. The van der Waals surface area contributed by atoms with Crippen molar-refractivity contribution in [3.8, 4) is 11.5 Å². The van der Waals surface area contributed by atoms with E-state index in [0.29, 0.717) is 29.6 Å². The van der Waals surface area contributed by atoms with E-state index >= 15 is 0 Å². The first-order valence-electron chi connectivity index (χ1n) is 8.98. The van der Waals surface area contributed by atoms with Gasteiger partial charge in [0.2, 0.25) is 11.8 Å². The molecule has 6 nitrogen and oxygen atoms in total. The van der Waals surface area contributed by atoms with Gasteiger partial charge in [0.15, 0.2) is 0 Å². The molecule has 0 bridgehead atoms. The number of carbonyl (C=O) groups is 1. The van der Waals surface area contributed by atoms with Crippen molar-refractivity contribution >= 4 is 11.9 Å². The van der Waals surface area contributed by atoms with Gasteiger partial charge in [-0.25, -0.2) is 0 Å². The molecule has 2 heterocycles. The van der Waals surface area contributed by atoms with E-state index in [1.807, 2.05) is 61.5 Å². The topological polar surface area (TPSA) is 72.7 Å². The van der Waals surface area contributed by atoms with E-state index in [9.17, 15) is 4.79 Å². The number of anilines is 1. The molecule has 0 aliphatic carbocycles. The van der Waals surface area contributed by atoms with E-state index in [-0.39, 0.29) is 5.91 Å². The first-order valence-corrected chi connectivity index (χ1v) is 8.98. The Morgan fingerprint density at radius 1 is 1.00 bits per heavy atom. The minimum absolute atomic E-state index is 0.248. The second kappa shape index (κ2) is 7.84. The van der Waals surface area contributed by atoms with E-state index < -0.39 is 0 Å². The second-order valence-electron chi connectivity index (χ2n) is 6.40. The number of aromatic nitrogens is 4. The molecular formula is C22H19N5O. The molecule has 2 aromatic heterocycles. The van der Waals surface area contributed by atoms with Crippen LogP contribution in [0.2, 0.25) is 0 Å².